The highest BCUT2D eigenvalue weighted by molar-refractivity contribution is 6.35. The lowest BCUT2D eigenvalue weighted by Crippen LogP contribution is -2.31. The van der Waals surface area contributed by atoms with Crippen LogP contribution in [0, 0.1) is 0 Å². The number of nitrogens with one attached hydrogen (secondary N) is 1. The van der Waals surface area contributed by atoms with Gasteiger partial charge in [-0.25, -0.2) is 4.79 Å². The highest BCUT2D eigenvalue weighted by Crippen LogP contribution is 2.26. The van der Waals surface area contributed by atoms with E-state index in [9.17, 15) is 9.59 Å². The minimum absolute atomic E-state index is 0.0398. The Balaban J connectivity index is 1.88. The van der Waals surface area contributed by atoms with Crippen LogP contribution in [0.2, 0.25) is 10.0 Å². The van der Waals surface area contributed by atoms with Gasteiger partial charge in [0.2, 0.25) is 0 Å². The Bertz CT molecular complexity index is 747. The molecular formula is C17H15Cl2NO4. The van der Waals surface area contributed by atoms with Gasteiger partial charge < -0.3 is 15.2 Å². The molecule has 0 saturated heterocycles. The molecule has 0 aromatic heterocycles. The van der Waals surface area contributed by atoms with Crippen LogP contribution in [0.5, 0.6) is 5.75 Å². The number of carbonyl (C=O) groups is 2. The summed E-state index contributed by atoms with van der Waals surface area (Å²) < 4.78 is 4.93. The lowest BCUT2D eigenvalue weighted by Gasteiger charge is -2.16. The molecule has 0 spiro atoms. The van der Waals surface area contributed by atoms with Crippen molar-refractivity contribution in [3.05, 3.63) is 63.6 Å². The topological polar surface area (TPSA) is 75.6 Å². The first kappa shape index (κ1) is 18.1. The van der Waals surface area contributed by atoms with Gasteiger partial charge in [-0.05, 0) is 48.9 Å². The Kier molecular flexibility index (Phi) is 6.06. The van der Waals surface area contributed by atoms with E-state index >= 15 is 0 Å². The van der Waals surface area contributed by atoms with Crippen molar-refractivity contribution in [2.24, 2.45) is 0 Å². The van der Waals surface area contributed by atoms with E-state index in [0.29, 0.717) is 15.6 Å². The number of halogens is 2. The second-order valence-corrected chi connectivity index (χ2v) is 5.92. The highest BCUT2D eigenvalue weighted by atomic mass is 35.5. The smallest absolute Gasteiger partial charge is 0.338 e. The van der Waals surface area contributed by atoms with Crippen molar-refractivity contribution in [2.45, 2.75) is 13.0 Å². The van der Waals surface area contributed by atoms with E-state index in [-0.39, 0.29) is 17.4 Å². The van der Waals surface area contributed by atoms with Gasteiger partial charge in [0, 0.05) is 10.0 Å². The minimum atomic E-state index is -0.651. The van der Waals surface area contributed by atoms with E-state index < -0.39 is 18.5 Å². The molecule has 126 valence electrons. The number of carbonyl (C=O) groups excluding carboxylic acids is 2. The number of rotatable bonds is 5. The first-order chi connectivity index (χ1) is 11.4. The fourth-order valence-corrected chi connectivity index (χ4v) is 2.60. The normalized spacial score (nSPS) is 11.6. The number of aromatic hydroxyl groups is 1. The summed E-state index contributed by atoms with van der Waals surface area (Å²) in [6.07, 6.45) is 0. The minimum Gasteiger partial charge on any atom is -0.508 e. The summed E-state index contributed by atoms with van der Waals surface area (Å²) in [5.74, 6) is -1.07. The Hall–Kier alpha value is -2.24. The van der Waals surface area contributed by atoms with Gasteiger partial charge in [0.1, 0.15) is 5.75 Å². The van der Waals surface area contributed by atoms with Gasteiger partial charge in [-0.15, -0.1) is 0 Å². The van der Waals surface area contributed by atoms with Crippen molar-refractivity contribution in [3.8, 4) is 5.75 Å². The lowest BCUT2D eigenvalue weighted by molar-refractivity contribution is -0.124. The SMILES string of the molecule is C[C@H](NC(=O)COC(=O)c1ccc(O)cc1)c1ccc(Cl)cc1Cl. The first-order valence-electron chi connectivity index (χ1n) is 7.07. The Morgan fingerprint density at radius 3 is 2.46 bits per heavy atom. The van der Waals surface area contributed by atoms with E-state index in [1.165, 1.54) is 24.3 Å². The van der Waals surface area contributed by atoms with Crippen LogP contribution in [0.4, 0.5) is 0 Å². The first-order valence-corrected chi connectivity index (χ1v) is 7.83. The molecule has 24 heavy (non-hydrogen) atoms. The van der Waals surface area contributed by atoms with Crippen LogP contribution in [-0.2, 0) is 9.53 Å². The second kappa shape index (κ2) is 8.04. The molecule has 2 aromatic carbocycles. The standard InChI is InChI=1S/C17H15Cl2NO4/c1-10(14-7-4-12(18)8-15(14)19)20-16(22)9-24-17(23)11-2-5-13(21)6-3-11/h2-8,10,21H,9H2,1H3,(H,20,22)/t10-/m0/s1. The Labute approximate surface area is 149 Å². The van der Waals surface area contributed by atoms with Crippen molar-refractivity contribution in [3.63, 3.8) is 0 Å². The number of esters is 1. The van der Waals surface area contributed by atoms with Crippen LogP contribution in [-0.4, -0.2) is 23.6 Å². The number of amides is 1. The number of phenolic OH excluding ortho intramolecular Hbond substituents is 1. The van der Waals surface area contributed by atoms with Crippen molar-refractivity contribution >= 4 is 35.1 Å². The van der Waals surface area contributed by atoms with Gasteiger partial charge in [-0.3, -0.25) is 4.79 Å². The molecule has 0 unspecified atom stereocenters. The lowest BCUT2D eigenvalue weighted by atomic mass is 10.1. The van der Waals surface area contributed by atoms with Crippen LogP contribution in [0.25, 0.3) is 0 Å². The van der Waals surface area contributed by atoms with Crippen molar-refractivity contribution in [1.82, 2.24) is 5.32 Å². The summed E-state index contributed by atoms with van der Waals surface area (Å²) >= 11 is 11.9. The van der Waals surface area contributed by atoms with Gasteiger partial charge in [0.05, 0.1) is 11.6 Å². The van der Waals surface area contributed by atoms with Gasteiger partial charge >= 0.3 is 5.97 Å². The molecule has 7 heteroatoms. The monoisotopic (exact) mass is 367 g/mol. The molecule has 5 nitrogen and oxygen atoms in total. The van der Waals surface area contributed by atoms with Crippen LogP contribution in [0.1, 0.15) is 28.9 Å². The predicted octanol–water partition coefficient (Wildman–Crippen LogP) is 3.73. The number of hydrogen-bond acceptors (Lipinski definition) is 4. The quantitative estimate of drug-likeness (QED) is 0.789. The number of benzene rings is 2. The van der Waals surface area contributed by atoms with E-state index in [1.807, 2.05) is 0 Å². The average molecular weight is 368 g/mol. The molecule has 0 heterocycles. The van der Waals surface area contributed by atoms with E-state index in [1.54, 1.807) is 25.1 Å². The molecule has 0 fully saturated rings. The van der Waals surface area contributed by atoms with Crippen LogP contribution in [0.15, 0.2) is 42.5 Å². The molecule has 1 amide bonds. The third-order valence-electron chi connectivity index (χ3n) is 3.24. The summed E-state index contributed by atoms with van der Waals surface area (Å²) in [5.41, 5.74) is 0.952. The summed E-state index contributed by atoms with van der Waals surface area (Å²) in [5, 5.41) is 12.8. The van der Waals surface area contributed by atoms with Gasteiger partial charge in [0.25, 0.3) is 5.91 Å². The maximum Gasteiger partial charge on any atom is 0.338 e. The summed E-state index contributed by atoms with van der Waals surface area (Å²) in [6, 6.07) is 10.2. The van der Waals surface area contributed by atoms with Crippen LogP contribution >= 0.6 is 23.2 Å². The summed E-state index contributed by atoms with van der Waals surface area (Å²) in [7, 11) is 0. The molecule has 0 aliphatic rings. The molecule has 0 aliphatic heterocycles. The van der Waals surface area contributed by atoms with E-state index in [0.717, 1.165) is 0 Å². The fourth-order valence-electron chi connectivity index (χ4n) is 2.03. The molecule has 2 N–H and O–H groups in total. The zero-order valence-corrected chi connectivity index (χ0v) is 14.3. The molecule has 1 atom stereocenters. The maximum absolute atomic E-state index is 11.9. The average Bonchev–Trinajstić information content (AvgIpc) is 2.53. The molecular weight excluding hydrogens is 353 g/mol. The molecule has 0 saturated carbocycles. The highest BCUT2D eigenvalue weighted by Gasteiger charge is 2.15. The third-order valence-corrected chi connectivity index (χ3v) is 3.81. The van der Waals surface area contributed by atoms with Gasteiger partial charge in [-0.2, -0.15) is 0 Å². The molecule has 2 rings (SSSR count). The molecule has 2 aromatic rings. The molecule has 0 aliphatic carbocycles. The van der Waals surface area contributed by atoms with Crippen molar-refractivity contribution < 1.29 is 19.4 Å². The second-order valence-electron chi connectivity index (χ2n) is 5.08. The zero-order valence-electron chi connectivity index (χ0n) is 12.8. The van der Waals surface area contributed by atoms with E-state index in [4.69, 9.17) is 33.0 Å². The van der Waals surface area contributed by atoms with E-state index in [2.05, 4.69) is 5.32 Å². The number of ether oxygens (including phenoxy) is 1. The van der Waals surface area contributed by atoms with Gasteiger partial charge in [0.15, 0.2) is 6.61 Å². The number of phenols is 1. The molecule has 0 bridgehead atoms. The van der Waals surface area contributed by atoms with Crippen LogP contribution < -0.4 is 5.32 Å². The Morgan fingerprint density at radius 1 is 1.17 bits per heavy atom. The van der Waals surface area contributed by atoms with Crippen molar-refractivity contribution in [2.75, 3.05) is 6.61 Å². The molecule has 0 radical (unpaired) electrons. The summed E-state index contributed by atoms with van der Waals surface area (Å²) in [4.78, 5) is 23.7. The van der Waals surface area contributed by atoms with Crippen LogP contribution in [0.3, 0.4) is 0 Å². The predicted molar refractivity (Wildman–Crippen MR) is 91.4 cm³/mol. The zero-order chi connectivity index (χ0) is 17.7. The van der Waals surface area contributed by atoms with Crippen molar-refractivity contribution in [1.29, 1.82) is 0 Å². The van der Waals surface area contributed by atoms with Gasteiger partial charge in [-0.1, -0.05) is 29.3 Å². The number of hydrogen-bond donors (Lipinski definition) is 2. The fraction of sp³-hybridized carbons (Fsp3) is 0.176. The maximum atomic E-state index is 11.9. The largest absolute Gasteiger partial charge is 0.508 e. The Morgan fingerprint density at radius 2 is 1.83 bits per heavy atom. The third kappa shape index (κ3) is 4.88. The summed E-state index contributed by atoms with van der Waals surface area (Å²) in [6.45, 7) is 1.34.